The Morgan fingerprint density at radius 2 is 2.05 bits per heavy atom. The van der Waals surface area contributed by atoms with Gasteiger partial charge in [-0.1, -0.05) is 48.9 Å². The molecule has 4 nitrogen and oxygen atoms in total. The molecule has 102 valence electrons. The molecule has 3 rings (SSSR count). The fourth-order valence-electron chi connectivity index (χ4n) is 2.16. The lowest BCUT2D eigenvalue weighted by atomic mass is 10.1. The van der Waals surface area contributed by atoms with E-state index in [1.54, 1.807) is 10.6 Å². The van der Waals surface area contributed by atoms with Crippen LogP contribution in [0, 0.1) is 0 Å². The highest BCUT2D eigenvalue weighted by atomic mass is 32.1. The minimum Gasteiger partial charge on any atom is -0.477 e. The molecule has 0 amide bonds. The molecule has 5 heteroatoms. The molecular weight excluding hydrogens is 272 g/mol. The number of benzene rings is 1. The van der Waals surface area contributed by atoms with Crippen molar-refractivity contribution in [2.75, 3.05) is 0 Å². The predicted molar refractivity (Wildman–Crippen MR) is 79.5 cm³/mol. The molecule has 0 aliphatic carbocycles. The molecule has 2 heterocycles. The number of nitrogens with zero attached hydrogens (tertiary/aromatic N) is 2. The van der Waals surface area contributed by atoms with Crippen LogP contribution in [0.25, 0.3) is 16.2 Å². The zero-order chi connectivity index (χ0) is 14.1. The first-order chi connectivity index (χ1) is 9.67. The van der Waals surface area contributed by atoms with Crippen molar-refractivity contribution in [3.05, 3.63) is 47.1 Å². The minimum atomic E-state index is -0.911. The monoisotopic (exact) mass is 286 g/mol. The molecule has 0 fully saturated rings. The molecule has 0 aliphatic heterocycles. The van der Waals surface area contributed by atoms with Gasteiger partial charge in [-0.25, -0.2) is 9.78 Å². The predicted octanol–water partition coefficient (Wildman–Crippen LogP) is 3.71. The van der Waals surface area contributed by atoms with Gasteiger partial charge in [-0.05, 0) is 12.0 Å². The van der Waals surface area contributed by atoms with Crippen LogP contribution < -0.4 is 0 Å². The van der Waals surface area contributed by atoms with Crippen LogP contribution in [0.5, 0.6) is 0 Å². The van der Waals surface area contributed by atoms with Crippen LogP contribution >= 0.6 is 11.3 Å². The molecule has 1 aromatic carbocycles. The summed E-state index contributed by atoms with van der Waals surface area (Å²) in [5.41, 5.74) is 3.25. The lowest BCUT2D eigenvalue weighted by molar-refractivity contribution is 0.0702. The molecule has 2 aromatic heterocycles. The van der Waals surface area contributed by atoms with Gasteiger partial charge in [0.25, 0.3) is 0 Å². The first kappa shape index (κ1) is 12.9. The van der Waals surface area contributed by atoms with E-state index in [4.69, 9.17) is 5.11 Å². The smallest absolute Gasteiger partial charge is 0.347 e. The number of carboxylic acids is 1. The molecular formula is C15H14N2O2S. The van der Waals surface area contributed by atoms with Gasteiger partial charge >= 0.3 is 5.97 Å². The van der Waals surface area contributed by atoms with Gasteiger partial charge in [0, 0.05) is 18.0 Å². The number of thiazole rings is 1. The van der Waals surface area contributed by atoms with E-state index in [9.17, 15) is 4.79 Å². The Morgan fingerprint density at radius 3 is 2.65 bits per heavy atom. The highest BCUT2D eigenvalue weighted by Gasteiger charge is 2.12. The lowest BCUT2D eigenvalue weighted by Gasteiger charge is -2.00. The number of carbonyl (C=O) groups is 1. The average molecular weight is 286 g/mol. The fourth-order valence-corrected chi connectivity index (χ4v) is 2.97. The van der Waals surface area contributed by atoms with Crippen LogP contribution in [0.15, 0.2) is 36.7 Å². The van der Waals surface area contributed by atoms with Gasteiger partial charge in [0.1, 0.15) is 4.88 Å². The Hall–Kier alpha value is -2.14. The van der Waals surface area contributed by atoms with Crippen molar-refractivity contribution in [3.63, 3.8) is 0 Å². The zero-order valence-electron chi connectivity index (χ0n) is 11.0. The molecule has 0 radical (unpaired) electrons. The van der Waals surface area contributed by atoms with Crippen LogP contribution in [0.1, 0.15) is 28.6 Å². The van der Waals surface area contributed by atoms with Crippen LogP contribution in [0.2, 0.25) is 0 Å². The SMILES string of the molecule is CCCc1ccc(-c2cn3cc(C(=O)O)sc3n2)cc1. The average Bonchev–Trinajstić information content (AvgIpc) is 2.98. The summed E-state index contributed by atoms with van der Waals surface area (Å²) in [7, 11) is 0. The van der Waals surface area contributed by atoms with E-state index in [1.165, 1.54) is 16.9 Å². The van der Waals surface area contributed by atoms with Crippen molar-refractivity contribution in [2.24, 2.45) is 0 Å². The molecule has 0 bridgehead atoms. The van der Waals surface area contributed by atoms with Gasteiger partial charge in [-0.3, -0.25) is 4.40 Å². The molecule has 0 saturated carbocycles. The van der Waals surface area contributed by atoms with Crippen molar-refractivity contribution in [3.8, 4) is 11.3 Å². The topological polar surface area (TPSA) is 54.6 Å². The number of aromatic nitrogens is 2. The number of rotatable bonds is 4. The Labute approximate surface area is 120 Å². The van der Waals surface area contributed by atoms with Gasteiger partial charge in [-0.15, -0.1) is 0 Å². The summed E-state index contributed by atoms with van der Waals surface area (Å²) in [5, 5.41) is 8.94. The third-order valence-electron chi connectivity index (χ3n) is 3.16. The molecule has 20 heavy (non-hydrogen) atoms. The maximum absolute atomic E-state index is 10.9. The fraction of sp³-hybridized carbons (Fsp3) is 0.200. The molecule has 3 aromatic rings. The van der Waals surface area contributed by atoms with Crippen molar-refractivity contribution >= 4 is 22.3 Å². The Kier molecular flexibility index (Phi) is 3.28. The van der Waals surface area contributed by atoms with E-state index in [-0.39, 0.29) is 0 Å². The number of aryl methyl sites for hydroxylation is 1. The van der Waals surface area contributed by atoms with Crippen molar-refractivity contribution in [1.82, 2.24) is 9.38 Å². The Morgan fingerprint density at radius 1 is 1.30 bits per heavy atom. The molecule has 0 aliphatic rings. The second kappa shape index (κ2) is 5.09. The van der Waals surface area contributed by atoms with E-state index in [0.29, 0.717) is 9.84 Å². The summed E-state index contributed by atoms with van der Waals surface area (Å²) in [6, 6.07) is 8.37. The normalized spacial score (nSPS) is 11.1. The summed E-state index contributed by atoms with van der Waals surface area (Å²) >= 11 is 1.18. The van der Waals surface area contributed by atoms with E-state index in [0.717, 1.165) is 24.1 Å². The van der Waals surface area contributed by atoms with Gasteiger partial charge < -0.3 is 5.11 Å². The first-order valence-corrected chi connectivity index (χ1v) is 7.30. The summed E-state index contributed by atoms with van der Waals surface area (Å²) in [5.74, 6) is -0.911. The third-order valence-corrected chi connectivity index (χ3v) is 4.14. The standard InChI is InChI=1S/C15H14N2O2S/c1-2-3-10-4-6-11(7-5-10)12-8-17-9-13(14(18)19)20-15(17)16-12/h4-9H,2-3H2,1H3,(H,18,19). The Bertz CT molecular complexity index is 724. The molecule has 0 saturated heterocycles. The Balaban J connectivity index is 1.93. The maximum atomic E-state index is 10.9. The first-order valence-electron chi connectivity index (χ1n) is 6.48. The number of carboxylic acid groups (broad SMARTS) is 1. The van der Waals surface area contributed by atoms with Crippen LogP contribution in [-0.2, 0) is 6.42 Å². The molecule has 0 unspecified atom stereocenters. The highest BCUT2D eigenvalue weighted by Crippen LogP contribution is 2.24. The quantitative estimate of drug-likeness (QED) is 0.795. The maximum Gasteiger partial charge on any atom is 0.347 e. The lowest BCUT2D eigenvalue weighted by Crippen LogP contribution is -1.90. The van der Waals surface area contributed by atoms with E-state index >= 15 is 0 Å². The van der Waals surface area contributed by atoms with E-state index < -0.39 is 5.97 Å². The minimum absolute atomic E-state index is 0.303. The largest absolute Gasteiger partial charge is 0.477 e. The number of fused-ring (bicyclic) bond motifs is 1. The molecule has 1 N–H and O–H groups in total. The summed E-state index contributed by atoms with van der Waals surface area (Å²) < 4.78 is 1.77. The zero-order valence-corrected chi connectivity index (χ0v) is 11.9. The summed E-state index contributed by atoms with van der Waals surface area (Å²) in [6.45, 7) is 2.16. The molecule has 0 atom stereocenters. The number of hydrogen-bond donors (Lipinski definition) is 1. The van der Waals surface area contributed by atoms with Crippen LogP contribution in [0.4, 0.5) is 0 Å². The summed E-state index contributed by atoms with van der Waals surface area (Å²) in [4.78, 5) is 16.4. The number of aromatic carboxylic acids is 1. The van der Waals surface area contributed by atoms with Gasteiger partial charge in [0.05, 0.1) is 5.69 Å². The van der Waals surface area contributed by atoms with Crippen LogP contribution in [0.3, 0.4) is 0 Å². The highest BCUT2D eigenvalue weighted by molar-refractivity contribution is 7.18. The number of imidazole rings is 1. The van der Waals surface area contributed by atoms with Crippen molar-refractivity contribution < 1.29 is 9.90 Å². The van der Waals surface area contributed by atoms with Gasteiger partial charge in [-0.2, -0.15) is 0 Å². The van der Waals surface area contributed by atoms with Crippen LogP contribution in [-0.4, -0.2) is 20.5 Å². The third kappa shape index (κ3) is 2.32. The van der Waals surface area contributed by atoms with Crippen molar-refractivity contribution in [1.29, 1.82) is 0 Å². The second-order valence-electron chi connectivity index (χ2n) is 4.66. The molecule has 0 spiro atoms. The second-order valence-corrected chi connectivity index (χ2v) is 5.67. The van der Waals surface area contributed by atoms with Crippen molar-refractivity contribution in [2.45, 2.75) is 19.8 Å². The van der Waals surface area contributed by atoms with E-state index in [2.05, 4.69) is 36.2 Å². The summed E-state index contributed by atoms with van der Waals surface area (Å²) in [6.07, 6.45) is 5.69. The van der Waals surface area contributed by atoms with Gasteiger partial charge in [0.15, 0.2) is 4.96 Å². The van der Waals surface area contributed by atoms with E-state index in [1.807, 2.05) is 6.20 Å². The van der Waals surface area contributed by atoms with Gasteiger partial charge in [0.2, 0.25) is 0 Å². The number of hydrogen-bond acceptors (Lipinski definition) is 3.